The number of benzene rings is 2. The predicted octanol–water partition coefficient (Wildman–Crippen LogP) is 4.98. The van der Waals surface area contributed by atoms with Crippen LogP contribution in [0.1, 0.15) is 37.6 Å². The molecule has 0 spiro atoms. The molecule has 28 heavy (non-hydrogen) atoms. The van der Waals surface area contributed by atoms with E-state index in [1.165, 1.54) is 7.11 Å². The Balaban J connectivity index is 2.12. The summed E-state index contributed by atoms with van der Waals surface area (Å²) in [5.74, 6) is 0.319. The van der Waals surface area contributed by atoms with Crippen LogP contribution in [0.2, 0.25) is 5.02 Å². The second-order valence-electron chi connectivity index (χ2n) is 6.51. The summed E-state index contributed by atoms with van der Waals surface area (Å²) < 4.78 is 10.9. The minimum absolute atomic E-state index is 0.0658. The summed E-state index contributed by atoms with van der Waals surface area (Å²) in [7, 11) is 1.50. The second-order valence-corrected chi connectivity index (χ2v) is 6.92. The number of hydrogen-bond donors (Lipinski definition) is 2. The van der Waals surface area contributed by atoms with Crippen molar-refractivity contribution in [2.75, 3.05) is 24.4 Å². The zero-order valence-corrected chi connectivity index (χ0v) is 17.2. The molecule has 0 unspecified atom stereocenters. The molecule has 0 atom stereocenters. The molecule has 2 amide bonds. The zero-order valence-electron chi connectivity index (χ0n) is 16.5. The number of methoxy groups -OCH3 is 1. The third-order valence-electron chi connectivity index (χ3n) is 3.88. The van der Waals surface area contributed by atoms with Crippen molar-refractivity contribution < 1.29 is 19.1 Å². The Morgan fingerprint density at radius 2 is 1.68 bits per heavy atom. The summed E-state index contributed by atoms with van der Waals surface area (Å²) in [5.41, 5.74) is 1.61. The molecule has 2 rings (SSSR count). The Morgan fingerprint density at radius 1 is 1.07 bits per heavy atom. The average molecular weight is 405 g/mol. The number of hydrogen-bond acceptors (Lipinski definition) is 4. The molecule has 0 aliphatic carbocycles. The van der Waals surface area contributed by atoms with Gasteiger partial charge in [-0.05, 0) is 42.8 Å². The molecule has 0 aliphatic heterocycles. The van der Waals surface area contributed by atoms with E-state index in [-0.39, 0.29) is 17.7 Å². The second kappa shape index (κ2) is 9.99. The molecule has 0 heterocycles. The molecule has 0 fully saturated rings. The van der Waals surface area contributed by atoms with Crippen LogP contribution in [0.4, 0.5) is 11.4 Å². The lowest BCUT2D eigenvalue weighted by Gasteiger charge is -2.14. The van der Waals surface area contributed by atoms with Gasteiger partial charge in [0.2, 0.25) is 5.91 Å². The van der Waals surface area contributed by atoms with Crippen LogP contribution in [0.5, 0.6) is 11.5 Å². The monoisotopic (exact) mass is 404 g/mol. The van der Waals surface area contributed by atoms with Crippen molar-refractivity contribution in [1.29, 1.82) is 0 Å². The molecule has 2 aromatic carbocycles. The van der Waals surface area contributed by atoms with Crippen LogP contribution < -0.4 is 20.1 Å². The number of amides is 2. The van der Waals surface area contributed by atoms with Crippen LogP contribution in [-0.2, 0) is 4.79 Å². The molecule has 0 radical (unpaired) electrons. The highest BCUT2D eigenvalue weighted by Crippen LogP contribution is 2.36. The van der Waals surface area contributed by atoms with E-state index in [2.05, 4.69) is 10.6 Å². The quantitative estimate of drug-likeness (QED) is 0.650. The molecule has 0 bridgehead atoms. The molecular formula is C21H25ClN2O4. The van der Waals surface area contributed by atoms with Gasteiger partial charge in [-0.15, -0.1) is 0 Å². The number of rotatable bonds is 8. The van der Waals surface area contributed by atoms with Crippen molar-refractivity contribution in [2.24, 2.45) is 5.92 Å². The Hall–Kier alpha value is -2.73. The summed E-state index contributed by atoms with van der Waals surface area (Å²) in [5, 5.41) is 5.91. The third-order valence-corrected chi connectivity index (χ3v) is 4.16. The Bertz CT molecular complexity index is 835. The van der Waals surface area contributed by atoms with Gasteiger partial charge >= 0.3 is 0 Å². The standard InChI is InChI=1S/C21H25ClN2O4/c1-5-10-28-19-17(22)11-14(12-18(19)27-4)21(26)24-16-8-6-15(7-9-16)23-20(25)13(2)3/h6-9,11-13H,5,10H2,1-4H3,(H,23,25)(H,24,26). The van der Waals surface area contributed by atoms with Gasteiger partial charge in [-0.2, -0.15) is 0 Å². The van der Waals surface area contributed by atoms with Crippen LogP contribution in [0.3, 0.4) is 0 Å². The molecule has 6 nitrogen and oxygen atoms in total. The smallest absolute Gasteiger partial charge is 0.255 e. The summed E-state index contributed by atoms with van der Waals surface area (Å²) in [4.78, 5) is 24.3. The first-order valence-corrected chi connectivity index (χ1v) is 9.46. The lowest BCUT2D eigenvalue weighted by molar-refractivity contribution is -0.118. The number of anilines is 2. The minimum atomic E-state index is -0.332. The van der Waals surface area contributed by atoms with Gasteiger partial charge in [0.05, 0.1) is 18.7 Å². The van der Waals surface area contributed by atoms with Crippen molar-refractivity contribution >= 4 is 34.8 Å². The number of nitrogens with one attached hydrogen (secondary N) is 2. The van der Waals surface area contributed by atoms with E-state index >= 15 is 0 Å². The molecule has 0 aliphatic rings. The van der Waals surface area contributed by atoms with E-state index in [0.717, 1.165) is 6.42 Å². The van der Waals surface area contributed by atoms with Gasteiger partial charge in [0, 0.05) is 22.9 Å². The lowest BCUT2D eigenvalue weighted by Crippen LogP contribution is -2.17. The average Bonchev–Trinajstić information content (AvgIpc) is 2.67. The first kappa shape index (κ1) is 21.6. The van der Waals surface area contributed by atoms with Gasteiger partial charge in [-0.1, -0.05) is 32.4 Å². The summed E-state index contributed by atoms with van der Waals surface area (Å²) in [6.45, 7) is 6.13. The first-order valence-electron chi connectivity index (χ1n) is 9.08. The molecule has 2 aromatic rings. The fourth-order valence-corrected chi connectivity index (χ4v) is 2.59. The van der Waals surface area contributed by atoms with Crippen LogP contribution >= 0.6 is 11.6 Å². The van der Waals surface area contributed by atoms with E-state index < -0.39 is 0 Å². The first-order chi connectivity index (χ1) is 13.3. The highest BCUT2D eigenvalue weighted by molar-refractivity contribution is 6.32. The van der Waals surface area contributed by atoms with Crippen LogP contribution in [0.15, 0.2) is 36.4 Å². The van der Waals surface area contributed by atoms with E-state index in [9.17, 15) is 9.59 Å². The van der Waals surface area contributed by atoms with E-state index in [0.29, 0.717) is 40.1 Å². The van der Waals surface area contributed by atoms with Crippen molar-refractivity contribution in [3.63, 3.8) is 0 Å². The molecule has 0 saturated heterocycles. The topological polar surface area (TPSA) is 76.7 Å². The Labute approximate surface area is 170 Å². The third kappa shape index (κ3) is 5.63. The van der Waals surface area contributed by atoms with Gasteiger partial charge in [-0.25, -0.2) is 0 Å². The predicted molar refractivity (Wildman–Crippen MR) is 112 cm³/mol. The van der Waals surface area contributed by atoms with Crippen LogP contribution in [0, 0.1) is 5.92 Å². The van der Waals surface area contributed by atoms with Gasteiger partial charge in [0.15, 0.2) is 11.5 Å². The molecule has 2 N–H and O–H groups in total. The minimum Gasteiger partial charge on any atom is -0.493 e. The summed E-state index contributed by atoms with van der Waals surface area (Å²) in [6.07, 6.45) is 0.829. The normalized spacial score (nSPS) is 10.5. The lowest BCUT2D eigenvalue weighted by atomic mass is 10.1. The maximum atomic E-state index is 12.6. The molecular weight excluding hydrogens is 380 g/mol. The SMILES string of the molecule is CCCOc1c(Cl)cc(C(=O)Nc2ccc(NC(=O)C(C)C)cc2)cc1OC. The largest absolute Gasteiger partial charge is 0.493 e. The van der Waals surface area contributed by atoms with Gasteiger partial charge in [0.1, 0.15) is 0 Å². The molecule has 0 aromatic heterocycles. The van der Waals surface area contributed by atoms with Crippen LogP contribution in [0.25, 0.3) is 0 Å². The maximum absolute atomic E-state index is 12.6. The van der Waals surface area contributed by atoms with Crippen molar-refractivity contribution in [1.82, 2.24) is 0 Å². The number of ether oxygens (including phenoxy) is 2. The zero-order chi connectivity index (χ0) is 20.7. The van der Waals surface area contributed by atoms with Crippen LogP contribution in [-0.4, -0.2) is 25.5 Å². The van der Waals surface area contributed by atoms with Crippen molar-refractivity contribution in [2.45, 2.75) is 27.2 Å². The molecule has 150 valence electrons. The van der Waals surface area contributed by atoms with Gasteiger partial charge < -0.3 is 20.1 Å². The maximum Gasteiger partial charge on any atom is 0.255 e. The van der Waals surface area contributed by atoms with E-state index in [4.69, 9.17) is 21.1 Å². The highest BCUT2D eigenvalue weighted by Gasteiger charge is 2.16. The number of carbonyl (C=O) groups is 2. The number of carbonyl (C=O) groups excluding carboxylic acids is 2. The van der Waals surface area contributed by atoms with E-state index in [1.54, 1.807) is 36.4 Å². The Kier molecular flexibility index (Phi) is 7.70. The molecule has 7 heteroatoms. The molecule has 0 saturated carbocycles. The van der Waals surface area contributed by atoms with E-state index in [1.807, 2.05) is 20.8 Å². The highest BCUT2D eigenvalue weighted by atomic mass is 35.5. The Morgan fingerprint density at radius 3 is 2.21 bits per heavy atom. The fourth-order valence-electron chi connectivity index (χ4n) is 2.32. The van der Waals surface area contributed by atoms with Crippen molar-refractivity contribution in [3.05, 3.63) is 47.0 Å². The summed E-state index contributed by atoms with van der Waals surface area (Å²) >= 11 is 6.27. The van der Waals surface area contributed by atoms with Gasteiger partial charge in [0.25, 0.3) is 5.91 Å². The number of halogens is 1. The summed E-state index contributed by atoms with van der Waals surface area (Å²) in [6, 6.07) is 10.0. The fraction of sp³-hybridized carbons (Fsp3) is 0.333. The van der Waals surface area contributed by atoms with Gasteiger partial charge in [-0.3, -0.25) is 9.59 Å². The van der Waals surface area contributed by atoms with Crippen molar-refractivity contribution in [3.8, 4) is 11.5 Å².